The molecular formula is C16H25N3O2. The molecule has 0 aliphatic carbocycles. The van der Waals surface area contributed by atoms with Crippen LogP contribution in [0.3, 0.4) is 0 Å². The first kappa shape index (κ1) is 15.7. The van der Waals surface area contributed by atoms with Gasteiger partial charge in [-0.3, -0.25) is 9.97 Å². The van der Waals surface area contributed by atoms with E-state index in [-0.39, 0.29) is 6.09 Å². The number of rotatable bonds is 2. The van der Waals surface area contributed by atoms with Crippen LogP contribution in [0.1, 0.15) is 51.2 Å². The molecule has 0 bridgehead atoms. The third-order valence-electron chi connectivity index (χ3n) is 3.38. The lowest BCUT2D eigenvalue weighted by atomic mass is 10.2. The first-order chi connectivity index (χ1) is 9.89. The number of aryl methyl sites for hydroxylation is 1. The number of nitrogens with zero attached hydrogens (tertiary/aromatic N) is 3. The molecule has 2 heterocycles. The topological polar surface area (TPSA) is 55.3 Å². The van der Waals surface area contributed by atoms with Crippen LogP contribution in [0.5, 0.6) is 0 Å². The van der Waals surface area contributed by atoms with Crippen LogP contribution < -0.4 is 0 Å². The molecule has 2 rings (SSSR count). The van der Waals surface area contributed by atoms with Crippen molar-refractivity contribution in [1.29, 1.82) is 0 Å². The Balaban J connectivity index is 2.04. The lowest BCUT2D eigenvalue weighted by Gasteiger charge is -2.26. The quantitative estimate of drug-likeness (QED) is 0.840. The second-order valence-electron chi connectivity index (χ2n) is 6.47. The fourth-order valence-corrected chi connectivity index (χ4v) is 2.38. The summed E-state index contributed by atoms with van der Waals surface area (Å²) < 4.78 is 5.44. The van der Waals surface area contributed by atoms with Crippen molar-refractivity contribution in [3.05, 3.63) is 23.3 Å². The third kappa shape index (κ3) is 4.41. The highest BCUT2D eigenvalue weighted by Gasteiger charge is 2.25. The van der Waals surface area contributed by atoms with Gasteiger partial charge in [0.15, 0.2) is 0 Å². The molecule has 1 aromatic heterocycles. The maximum absolute atomic E-state index is 12.1. The summed E-state index contributed by atoms with van der Waals surface area (Å²) in [4.78, 5) is 23.1. The van der Waals surface area contributed by atoms with Gasteiger partial charge in [0.25, 0.3) is 0 Å². The van der Waals surface area contributed by atoms with Crippen molar-refractivity contribution in [3.63, 3.8) is 0 Å². The van der Waals surface area contributed by atoms with E-state index in [9.17, 15) is 4.79 Å². The van der Waals surface area contributed by atoms with E-state index in [4.69, 9.17) is 9.72 Å². The molecule has 116 valence electrons. The highest BCUT2D eigenvalue weighted by molar-refractivity contribution is 5.68. The van der Waals surface area contributed by atoms with Crippen LogP contribution >= 0.6 is 0 Å². The van der Waals surface area contributed by atoms with Gasteiger partial charge in [0.2, 0.25) is 0 Å². The zero-order chi connectivity index (χ0) is 15.5. The van der Waals surface area contributed by atoms with Crippen molar-refractivity contribution in [2.45, 2.75) is 59.0 Å². The molecule has 1 aliphatic rings. The van der Waals surface area contributed by atoms with Crippen molar-refractivity contribution in [1.82, 2.24) is 14.9 Å². The van der Waals surface area contributed by atoms with E-state index in [1.807, 2.05) is 27.0 Å². The zero-order valence-electron chi connectivity index (χ0n) is 13.5. The van der Waals surface area contributed by atoms with Crippen molar-refractivity contribution in [2.75, 3.05) is 13.1 Å². The second kappa shape index (κ2) is 6.41. The molecule has 5 heteroatoms. The Kier molecular flexibility index (Phi) is 4.80. The monoisotopic (exact) mass is 291 g/mol. The maximum Gasteiger partial charge on any atom is 0.410 e. The van der Waals surface area contributed by atoms with E-state index in [1.54, 1.807) is 4.90 Å². The minimum Gasteiger partial charge on any atom is -0.444 e. The summed E-state index contributed by atoms with van der Waals surface area (Å²) in [6.45, 7) is 9.08. The molecular weight excluding hydrogens is 266 g/mol. The van der Waals surface area contributed by atoms with Crippen LogP contribution in [0.2, 0.25) is 0 Å². The minimum absolute atomic E-state index is 0.246. The van der Waals surface area contributed by atoms with Gasteiger partial charge < -0.3 is 9.64 Å². The van der Waals surface area contributed by atoms with Crippen molar-refractivity contribution in [3.8, 4) is 0 Å². The molecule has 1 amide bonds. The molecule has 0 unspecified atom stereocenters. The lowest BCUT2D eigenvalue weighted by molar-refractivity contribution is 0.0258. The van der Waals surface area contributed by atoms with Crippen LogP contribution in [0.15, 0.2) is 6.20 Å². The molecule has 0 spiro atoms. The van der Waals surface area contributed by atoms with E-state index in [0.29, 0.717) is 13.1 Å². The van der Waals surface area contributed by atoms with Gasteiger partial charge in [0.1, 0.15) is 5.60 Å². The summed E-state index contributed by atoms with van der Waals surface area (Å²) in [7, 11) is 0. The number of fused-ring (bicyclic) bond motifs is 1. The first-order valence-electron chi connectivity index (χ1n) is 7.70. The van der Waals surface area contributed by atoms with Gasteiger partial charge in [-0.15, -0.1) is 0 Å². The Morgan fingerprint density at radius 2 is 1.95 bits per heavy atom. The Bertz CT molecular complexity index is 509. The number of aromatic nitrogens is 2. The average molecular weight is 291 g/mol. The van der Waals surface area contributed by atoms with Gasteiger partial charge in [-0.1, -0.05) is 13.3 Å². The molecule has 0 saturated carbocycles. The molecule has 0 aromatic carbocycles. The molecule has 0 radical (unpaired) electrons. The van der Waals surface area contributed by atoms with Crippen LogP contribution in [0.25, 0.3) is 0 Å². The third-order valence-corrected chi connectivity index (χ3v) is 3.38. The standard InChI is InChI=1S/C16H25N3O2/c1-5-6-12-11-17-13-7-9-19(10-8-14(13)18-12)15(20)21-16(2,3)4/h11H,5-10H2,1-4H3. The number of carbonyl (C=O) groups is 1. The predicted molar refractivity (Wildman–Crippen MR) is 81.2 cm³/mol. The number of amides is 1. The molecule has 0 fully saturated rings. The molecule has 21 heavy (non-hydrogen) atoms. The molecule has 0 saturated heterocycles. The molecule has 1 aromatic rings. The smallest absolute Gasteiger partial charge is 0.410 e. The normalized spacial score (nSPS) is 15.3. The summed E-state index contributed by atoms with van der Waals surface area (Å²) in [6, 6.07) is 0. The van der Waals surface area contributed by atoms with Gasteiger partial charge in [0, 0.05) is 32.1 Å². The zero-order valence-corrected chi connectivity index (χ0v) is 13.5. The van der Waals surface area contributed by atoms with Gasteiger partial charge in [-0.25, -0.2) is 4.79 Å². The van der Waals surface area contributed by atoms with Crippen LogP contribution in [0.4, 0.5) is 4.79 Å². The van der Waals surface area contributed by atoms with E-state index >= 15 is 0 Å². The average Bonchev–Trinajstić information content (AvgIpc) is 2.59. The highest BCUT2D eigenvalue weighted by atomic mass is 16.6. The number of hydrogen-bond donors (Lipinski definition) is 0. The SMILES string of the molecule is CCCc1cnc2c(n1)CCN(C(=O)OC(C)(C)C)CC2. The van der Waals surface area contributed by atoms with Crippen molar-refractivity contribution < 1.29 is 9.53 Å². The molecule has 1 aliphatic heterocycles. The van der Waals surface area contributed by atoms with Crippen LogP contribution in [0, 0.1) is 0 Å². The van der Waals surface area contributed by atoms with Crippen molar-refractivity contribution in [2.24, 2.45) is 0 Å². The van der Waals surface area contributed by atoms with E-state index in [2.05, 4.69) is 11.9 Å². The number of ether oxygens (including phenoxy) is 1. The summed E-state index contributed by atoms with van der Waals surface area (Å²) >= 11 is 0. The van der Waals surface area contributed by atoms with Gasteiger partial charge in [-0.2, -0.15) is 0 Å². The first-order valence-corrected chi connectivity index (χ1v) is 7.70. The molecule has 0 atom stereocenters. The fourth-order valence-electron chi connectivity index (χ4n) is 2.38. The Morgan fingerprint density at radius 3 is 2.57 bits per heavy atom. The predicted octanol–water partition coefficient (Wildman–Crippen LogP) is 2.76. The van der Waals surface area contributed by atoms with Gasteiger partial charge in [0.05, 0.1) is 17.1 Å². The molecule has 5 nitrogen and oxygen atoms in total. The summed E-state index contributed by atoms with van der Waals surface area (Å²) in [5.74, 6) is 0. The van der Waals surface area contributed by atoms with Crippen LogP contribution in [-0.4, -0.2) is 39.7 Å². The largest absolute Gasteiger partial charge is 0.444 e. The summed E-state index contributed by atoms with van der Waals surface area (Å²) in [6.07, 6.45) is 5.13. The van der Waals surface area contributed by atoms with E-state index in [1.165, 1.54) is 0 Å². The molecule has 0 N–H and O–H groups in total. The Labute approximate surface area is 126 Å². The van der Waals surface area contributed by atoms with Gasteiger partial charge in [-0.05, 0) is 27.2 Å². The van der Waals surface area contributed by atoms with E-state index in [0.717, 1.165) is 42.8 Å². The van der Waals surface area contributed by atoms with E-state index < -0.39 is 5.60 Å². The lowest BCUT2D eigenvalue weighted by Crippen LogP contribution is -2.38. The highest BCUT2D eigenvalue weighted by Crippen LogP contribution is 2.16. The second-order valence-corrected chi connectivity index (χ2v) is 6.47. The fraction of sp³-hybridized carbons (Fsp3) is 0.688. The summed E-state index contributed by atoms with van der Waals surface area (Å²) in [5.41, 5.74) is 2.64. The van der Waals surface area contributed by atoms with Crippen LogP contribution in [-0.2, 0) is 24.0 Å². The number of carbonyl (C=O) groups excluding carboxylic acids is 1. The number of hydrogen-bond acceptors (Lipinski definition) is 4. The Hall–Kier alpha value is -1.65. The minimum atomic E-state index is -0.457. The van der Waals surface area contributed by atoms with Gasteiger partial charge >= 0.3 is 6.09 Å². The Morgan fingerprint density at radius 1 is 1.29 bits per heavy atom. The summed E-state index contributed by atoms with van der Waals surface area (Å²) in [5, 5.41) is 0. The van der Waals surface area contributed by atoms with Crippen molar-refractivity contribution >= 4 is 6.09 Å². The maximum atomic E-state index is 12.1.